The van der Waals surface area contributed by atoms with Gasteiger partial charge in [-0.25, -0.2) is 0 Å². The molecule has 1 aromatic carbocycles. The normalized spacial score (nSPS) is 19.2. The maximum Gasteiger partial charge on any atom is 0.237 e. The zero-order valence-electron chi connectivity index (χ0n) is 11.4. The highest BCUT2D eigenvalue weighted by molar-refractivity contribution is 8.00. The van der Waals surface area contributed by atoms with E-state index in [-0.39, 0.29) is 5.91 Å². The number of benzene rings is 1. The van der Waals surface area contributed by atoms with Crippen LogP contribution in [-0.2, 0) is 4.79 Å². The van der Waals surface area contributed by atoms with E-state index < -0.39 is 0 Å². The number of amides is 1. The summed E-state index contributed by atoms with van der Waals surface area (Å²) in [5, 5.41) is 0. The second-order valence-corrected chi connectivity index (χ2v) is 6.24. The molecular formula is C15H18N2O2S. The average molecular weight is 290 g/mol. The molecule has 0 N–H and O–H groups in total. The van der Waals surface area contributed by atoms with Crippen LogP contribution in [0.15, 0.2) is 23.1 Å². The molecule has 5 heteroatoms. The van der Waals surface area contributed by atoms with Crippen LogP contribution in [0, 0.1) is 0 Å². The molecule has 0 radical (unpaired) electrons. The highest BCUT2D eigenvalue weighted by Crippen LogP contribution is 2.35. The fraction of sp³-hybridized carbons (Fsp3) is 0.467. The van der Waals surface area contributed by atoms with Crippen LogP contribution >= 0.6 is 11.8 Å². The van der Waals surface area contributed by atoms with Crippen molar-refractivity contribution in [1.29, 1.82) is 0 Å². The summed E-state index contributed by atoms with van der Waals surface area (Å²) in [6, 6.07) is 5.59. The van der Waals surface area contributed by atoms with E-state index in [4.69, 9.17) is 0 Å². The van der Waals surface area contributed by atoms with Crippen molar-refractivity contribution in [3.63, 3.8) is 0 Å². The molecule has 0 saturated carbocycles. The van der Waals surface area contributed by atoms with Crippen molar-refractivity contribution < 1.29 is 9.59 Å². The number of carbonyl (C=O) groups is 2. The molecule has 2 aliphatic rings. The number of carbonyl (C=O) groups excluding carboxylic acids is 2. The molecule has 0 unspecified atom stereocenters. The van der Waals surface area contributed by atoms with Gasteiger partial charge in [0.15, 0.2) is 0 Å². The van der Waals surface area contributed by atoms with Gasteiger partial charge in [-0.3, -0.25) is 9.59 Å². The molecule has 106 valence electrons. The van der Waals surface area contributed by atoms with Gasteiger partial charge in [-0.15, -0.1) is 11.8 Å². The summed E-state index contributed by atoms with van der Waals surface area (Å²) in [6.07, 6.45) is 3.36. The van der Waals surface area contributed by atoms with E-state index in [1.54, 1.807) is 11.8 Å². The van der Waals surface area contributed by atoms with Crippen molar-refractivity contribution in [1.82, 2.24) is 4.90 Å². The van der Waals surface area contributed by atoms with E-state index >= 15 is 0 Å². The van der Waals surface area contributed by atoms with Crippen molar-refractivity contribution in [3.05, 3.63) is 23.8 Å². The minimum absolute atomic E-state index is 0.143. The van der Waals surface area contributed by atoms with Gasteiger partial charge < -0.3 is 9.80 Å². The van der Waals surface area contributed by atoms with Gasteiger partial charge in [-0.1, -0.05) is 6.07 Å². The minimum atomic E-state index is 0.143. The SMILES string of the molecule is O=Cc1ccc2c(c1)N(CCN1CCCC1)C(=O)CS2. The van der Waals surface area contributed by atoms with Crippen LogP contribution in [0.1, 0.15) is 23.2 Å². The highest BCUT2D eigenvalue weighted by Gasteiger charge is 2.25. The first-order chi connectivity index (χ1) is 9.78. The Bertz CT molecular complexity index is 527. The third-order valence-corrected chi connectivity index (χ3v) is 4.95. The molecular weight excluding hydrogens is 272 g/mol. The lowest BCUT2D eigenvalue weighted by Gasteiger charge is -2.30. The first-order valence-corrected chi connectivity index (χ1v) is 8.01. The predicted molar refractivity (Wildman–Crippen MR) is 80.6 cm³/mol. The topological polar surface area (TPSA) is 40.6 Å². The van der Waals surface area contributed by atoms with E-state index in [1.165, 1.54) is 12.8 Å². The van der Waals surface area contributed by atoms with Gasteiger partial charge in [0.25, 0.3) is 0 Å². The minimum Gasteiger partial charge on any atom is -0.309 e. The van der Waals surface area contributed by atoms with Gasteiger partial charge in [-0.05, 0) is 38.1 Å². The van der Waals surface area contributed by atoms with Gasteiger partial charge in [0, 0.05) is 23.5 Å². The molecule has 4 nitrogen and oxygen atoms in total. The monoisotopic (exact) mass is 290 g/mol. The smallest absolute Gasteiger partial charge is 0.237 e. The van der Waals surface area contributed by atoms with Crippen LogP contribution < -0.4 is 4.90 Å². The van der Waals surface area contributed by atoms with E-state index in [0.29, 0.717) is 17.9 Å². The first kappa shape index (κ1) is 13.6. The molecule has 0 bridgehead atoms. The van der Waals surface area contributed by atoms with Crippen molar-refractivity contribution in [3.8, 4) is 0 Å². The Kier molecular flexibility index (Phi) is 4.08. The van der Waals surface area contributed by atoms with Crippen LogP contribution in [0.5, 0.6) is 0 Å². The molecule has 1 fully saturated rings. The van der Waals surface area contributed by atoms with Gasteiger partial charge in [0.05, 0.1) is 11.4 Å². The molecule has 1 amide bonds. The molecule has 0 spiro atoms. The molecule has 0 aromatic heterocycles. The van der Waals surface area contributed by atoms with Crippen molar-refractivity contribution in [2.24, 2.45) is 0 Å². The van der Waals surface area contributed by atoms with E-state index in [1.807, 2.05) is 23.1 Å². The summed E-state index contributed by atoms with van der Waals surface area (Å²) in [4.78, 5) is 28.4. The largest absolute Gasteiger partial charge is 0.309 e. The number of fused-ring (bicyclic) bond motifs is 1. The van der Waals surface area contributed by atoms with Gasteiger partial charge in [0.1, 0.15) is 6.29 Å². The molecule has 3 rings (SSSR count). The highest BCUT2D eigenvalue weighted by atomic mass is 32.2. The Balaban J connectivity index is 1.78. The number of hydrogen-bond acceptors (Lipinski definition) is 4. The fourth-order valence-electron chi connectivity index (χ4n) is 2.79. The van der Waals surface area contributed by atoms with Crippen LogP contribution in [0.25, 0.3) is 0 Å². The average Bonchev–Trinajstić information content (AvgIpc) is 2.99. The summed E-state index contributed by atoms with van der Waals surface area (Å²) < 4.78 is 0. The number of anilines is 1. The van der Waals surface area contributed by atoms with Crippen molar-refractivity contribution >= 4 is 29.6 Å². The number of nitrogens with zero attached hydrogens (tertiary/aromatic N) is 2. The molecule has 2 aliphatic heterocycles. The maximum absolute atomic E-state index is 12.2. The third kappa shape index (κ3) is 2.74. The Morgan fingerprint density at radius 3 is 2.75 bits per heavy atom. The summed E-state index contributed by atoms with van der Waals surface area (Å²) in [7, 11) is 0. The van der Waals surface area contributed by atoms with E-state index in [2.05, 4.69) is 4.90 Å². The lowest BCUT2D eigenvalue weighted by Crippen LogP contribution is -2.40. The zero-order chi connectivity index (χ0) is 13.9. The number of rotatable bonds is 4. The first-order valence-electron chi connectivity index (χ1n) is 7.03. The number of likely N-dealkylation sites (tertiary alicyclic amines) is 1. The van der Waals surface area contributed by atoms with Crippen LogP contribution in [0.4, 0.5) is 5.69 Å². The van der Waals surface area contributed by atoms with Crippen molar-refractivity contribution in [2.75, 3.05) is 36.8 Å². The summed E-state index contributed by atoms with van der Waals surface area (Å²) in [6.45, 7) is 3.91. The number of thioether (sulfide) groups is 1. The standard InChI is InChI=1S/C15H18N2O2S/c18-10-12-3-4-14-13(9-12)17(15(19)11-20-14)8-7-16-5-1-2-6-16/h3-4,9-10H,1-2,5-8,11H2. The second kappa shape index (κ2) is 5.97. The fourth-order valence-corrected chi connectivity index (χ4v) is 3.70. The second-order valence-electron chi connectivity index (χ2n) is 5.23. The Labute approximate surface area is 123 Å². The molecule has 20 heavy (non-hydrogen) atoms. The van der Waals surface area contributed by atoms with Gasteiger partial charge in [0.2, 0.25) is 5.91 Å². The Morgan fingerprint density at radius 2 is 2.00 bits per heavy atom. The molecule has 0 aliphatic carbocycles. The predicted octanol–water partition coefficient (Wildman–Crippen LogP) is 2.03. The van der Waals surface area contributed by atoms with Crippen LogP contribution in [0.3, 0.4) is 0 Å². The maximum atomic E-state index is 12.2. The number of aldehydes is 1. The third-order valence-electron chi connectivity index (χ3n) is 3.90. The van der Waals surface area contributed by atoms with Crippen LogP contribution in [-0.4, -0.2) is 49.0 Å². The van der Waals surface area contributed by atoms with Gasteiger partial charge in [-0.2, -0.15) is 0 Å². The number of hydrogen-bond donors (Lipinski definition) is 0. The van der Waals surface area contributed by atoms with Crippen molar-refractivity contribution in [2.45, 2.75) is 17.7 Å². The lowest BCUT2D eigenvalue weighted by molar-refractivity contribution is -0.116. The van der Waals surface area contributed by atoms with E-state index in [0.717, 1.165) is 36.5 Å². The summed E-state index contributed by atoms with van der Waals surface area (Å²) >= 11 is 1.56. The summed E-state index contributed by atoms with van der Waals surface area (Å²) in [5.41, 5.74) is 1.53. The molecule has 2 heterocycles. The molecule has 0 atom stereocenters. The van der Waals surface area contributed by atoms with E-state index in [9.17, 15) is 9.59 Å². The van der Waals surface area contributed by atoms with Gasteiger partial charge >= 0.3 is 0 Å². The summed E-state index contributed by atoms with van der Waals surface area (Å²) in [5.74, 6) is 0.637. The quantitative estimate of drug-likeness (QED) is 0.796. The lowest BCUT2D eigenvalue weighted by atomic mass is 10.2. The Morgan fingerprint density at radius 1 is 1.20 bits per heavy atom. The molecule has 1 saturated heterocycles. The van der Waals surface area contributed by atoms with Crippen LogP contribution in [0.2, 0.25) is 0 Å². The zero-order valence-corrected chi connectivity index (χ0v) is 12.2. The molecule has 1 aromatic rings. The Hall–Kier alpha value is -1.33.